The fourth-order valence-corrected chi connectivity index (χ4v) is 2.58. The van der Waals surface area contributed by atoms with Gasteiger partial charge in [0.25, 0.3) is 0 Å². The van der Waals surface area contributed by atoms with Gasteiger partial charge in [0.1, 0.15) is 5.82 Å². The first kappa shape index (κ1) is 13.5. The molecular weight excluding hydrogens is 224 g/mol. The van der Waals surface area contributed by atoms with Crippen LogP contribution < -0.4 is 5.73 Å². The van der Waals surface area contributed by atoms with Gasteiger partial charge in [-0.15, -0.1) is 10.2 Å². The highest BCUT2D eigenvalue weighted by atomic mass is 32.2. The summed E-state index contributed by atoms with van der Waals surface area (Å²) in [6.45, 7) is 7.44. The molecule has 1 unspecified atom stereocenters. The Hall–Kier alpha value is -0.590. The van der Waals surface area contributed by atoms with Crippen LogP contribution in [0, 0.1) is 0 Å². The van der Waals surface area contributed by atoms with Crippen molar-refractivity contribution in [3.8, 4) is 0 Å². The molecule has 1 heterocycles. The van der Waals surface area contributed by atoms with Gasteiger partial charge in [-0.3, -0.25) is 0 Å². The van der Waals surface area contributed by atoms with E-state index in [0.29, 0.717) is 24.4 Å². The smallest absolute Gasteiger partial charge is 0.191 e. The largest absolute Gasteiger partial charge is 0.384 e. The van der Waals surface area contributed by atoms with Crippen LogP contribution in [-0.2, 0) is 11.3 Å². The van der Waals surface area contributed by atoms with Gasteiger partial charge in [-0.05, 0) is 13.8 Å². The quantitative estimate of drug-likeness (QED) is 0.767. The molecule has 1 rings (SSSR count). The minimum atomic E-state index is 0.325. The molecule has 0 aliphatic carbocycles. The second kappa shape index (κ2) is 6.22. The SMILES string of the molecule is COCC(C)Sc1nnc(CN)n1C(C)C. The molecule has 2 N–H and O–H groups in total. The van der Waals surface area contributed by atoms with E-state index in [9.17, 15) is 0 Å². The molecule has 1 atom stereocenters. The maximum Gasteiger partial charge on any atom is 0.191 e. The number of nitrogens with zero attached hydrogens (tertiary/aromatic N) is 3. The van der Waals surface area contributed by atoms with E-state index in [0.717, 1.165) is 11.0 Å². The maximum atomic E-state index is 5.63. The van der Waals surface area contributed by atoms with Crippen molar-refractivity contribution < 1.29 is 4.74 Å². The van der Waals surface area contributed by atoms with Crippen molar-refractivity contribution in [3.05, 3.63) is 5.82 Å². The predicted octanol–water partition coefficient (Wildman–Crippen LogP) is 1.44. The highest BCUT2D eigenvalue weighted by Crippen LogP contribution is 2.25. The van der Waals surface area contributed by atoms with E-state index in [-0.39, 0.29) is 0 Å². The van der Waals surface area contributed by atoms with E-state index in [1.54, 1.807) is 18.9 Å². The maximum absolute atomic E-state index is 5.63. The normalized spacial score (nSPS) is 13.4. The molecule has 16 heavy (non-hydrogen) atoms. The molecule has 0 fully saturated rings. The molecule has 6 heteroatoms. The Labute approximate surface area is 101 Å². The topological polar surface area (TPSA) is 66.0 Å². The summed E-state index contributed by atoms with van der Waals surface area (Å²) in [4.78, 5) is 0. The molecule has 0 bridgehead atoms. The van der Waals surface area contributed by atoms with E-state index in [2.05, 4.69) is 35.5 Å². The molecule has 5 nitrogen and oxygen atoms in total. The van der Waals surface area contributed by atoms with Gasteiger partial charge in [0.05, 0.1) is 13.2 Å². The molecule has 0 saturated carbocycles. The van der Waals surface area contributed by atoms with E-state index in [1.165, 1.54) is 0 Å². The van der Waals surface area contributed by atoms with Gasteiger partial charge < -0.3 is 15.0 Å². The Morgan fingerprint density at radius 1 is 1.38 bits per heavy atom. The average Bonchev–Trinajstić information content (AvgIpc) is 2.61. The van der Waals surface area contributed by atoms with Crippen LogP contribution in [0.1, 0.15) is 32.6 Å². The third kappa shape index (κ3) is 3.20. The highest BCUT2D eigenvalue weighted by molar-refractivity contribution is 7.99. The van der Waals surface area contributed by atoms with Crippen LogP contribution in [0.25, 0.3) is 0 Å². The second-order valence-corrected chi connectivity index (χ2v) is 5.36. The van der Waals surface area contributed by atoms with Crippen LogP contribution in [0.5, 0.6) is 0 Å². The molecule has 1 aromatic heterocycles. The number of hydrogen-bond acceptors (Lipinski definition) is 5. The Morgan fingerprint density at radius 3 is 2.56 bits per heavy atom. The van der Waals surface area contributed by atoms with Crippen LogP contribution in [0.2, 0.25) is 0 Å². The predicted molar refractivity (Wildman–Crippen MR) is 65.5 cm³/mol. The lowest BCUT2D eigenvalue weighted by Gasteiger charge is -2.15. The number of nitrogens with two attached hydrogens (primary N) is 1. The number of aromatic nitrogens is 3. The number of hydrogen-bond donors (Lipinski definition) is 1. The number of thioether (sulfide) groups is 1. The van der Waals surface area contributed by atoms with Crippen molar-refractivity contribution in [1.29, 1.82) is 0 Å². The van der Waals surface area contributed by atoms with Crippen LogP contribution in [0.4, 0.5) is 0 Å². The van der Waals surface area contributed by atoms with Crippen molar-refractivity contribution in [2.45, 2.75) is 43.8 Å². The molecule has 0 aromatic carbocycles. The van der Waals surface area contributed by atoms with Crippen molar-refractivity contribution in [2.24, 2.45) is 5.73 Å². The first-order chi connectivity index (χ1) is 7.60. The lowest BCUT2D eigenvalue weighted by Crippen LogP contribution is -2.13. The zero-order valence-electron chi connectivity index (χ0n) is 10.3. The first-order valence-electron chi connectivity index (χ1n) is 5.39. The van der Waals surface area contributed by atoms with E-state index < -0.39 is 0 Å². The number of ether oxygens (including phenoxy) is 1. The number of methoxy groups -OCH3 is 1. The summed E-state index contributed by atoms with van der Waals surface area (Å²) in [6, 6.07) is 0.325. The monoisotopic (exact) mass is 244 g/mol. The molecule has 0 radical (unpaired) electrons. The molecule has 1 aromatic rings. The van der Waals surface area contributed by atoms with Gasteiger partial charge in [-0.25, -0.2) is 0 Å². The lowest BCUT2D eigenvalue weighted by molar-refractivity contribution is 0.203. The van der Waals surface area contributed by atoms with Gasteiger partial charge in [0.2, 0.25) is 0 Å². The van der Waals surface area contributed by atoms with Gasteiger partial charge >= 0.3 is 0 Å². The Kier molecular flexibility index (Phi) is 5.24. The summed E-state index contributed by atoms with van der Waals surface area (Å²) in [6.07, 6.45) is 0. The Morgan fingerprint density at radius 2 is 2.06 bits per heavy atom. The molecule has 92 valence electrons. The first-order valence-corrected chi connectivity index (χ1v) is 6.27. The summed E-state index contributed by atoms with van der Waals surface area (Å²) < 4.78 is 7.19. The van der Waals surface area contributed by atoms with Gasteiger partial charge in [0.15, 0.2) is 5.16 Å². The molecule has 0 aliphatic rings. The summed E-state index contributed by atoms with van der Waals surface area (Å²) in [5.74, 6) is 0.835. The van der Waals surface area contributed by atoms with Crippen LogP contribution in [-0.4, -0.2) is 33.7 Å². The summed E-state index contributed by atoms with van der Waals surface area (Å²) >= 11 is 1.67. The minimum absolute atomic E-state index is 0.325. The van der Waals surface area contributed by atoms with E-state index in [1.807, 2.05) is 0 Å². The lowest BCUT2D eigenvalue weighted by atomic mass is 10.4. The van der Waals surface area contributed by atoms with E-state index >= 15 is 0 Å². The zero-order chi connectivity index (χ0) is 12.1. The standard InChI is InChI=1S/C10H20N4OS/c1-7(2)14-9(5-11)12-13-10(14)16-8(3)6-15-4/h7-8H,5-6,11H2,1-4H3. The Balaban J connectivity index is 2.83. The fraction of sp³-hybridized carbons (Fsp3) is 0.800. The van der Waals surface area contributed by atoms with Crippen LogP contribution >= 0.6 is 11.8 Å². The highest BCUT2D eigenvalue weighted by Gasteiger charge is 2.16. The molecule has 0 spiro atoms. The van der Waals surface area contributed by atoms with Crippen LogP contribution in [0.3, 0.4) is 0 Å². The van der Waals surface area contributed by atoms with Crippen molar-refractivity contribution in [1.82, 2.24) is 14.8 Å². The second-order valence-electron chi connectivity index (χ2n) is 3.95. The van der Waals surface area contributed by atoms with Crippen LogP contribution in [0.15, 0.2) is 5.16 Å². The average molecular weight is 244 g/mol. The summed E-state index contributed by atoms with van der Waals surface area (Å²) in [7, 11) is 1.70. The minimum Gasteiger partial charge on any atom is -0.384 e. The summed E-state index contributed by atoms with van der Waals surface area (Å²) in [5, 5.41) is 9.54. The Bertz CT molecular complexity index is 327. The molecule has 0 saturated heterocycles. The molecule has 0 aliphatic heterocycles. The molecular formula is C10H20N4OS. The van der Waals surface area contributed by atoms with Gasteiger partial charge in [-0.1, -0.05) is 18.7 Å². The summed E-state index contributed by atoms with van der Waals surface area (Å²) in [5.41, 5.74) is 5.63. The van der Waals surface area contributed by atoms with Crippen molar-refractivity contribution in [3.63, 3.8) is 0 Å². The third-order valence-corrected chi connectivity index (χ3v) is 3.17. The van der Waals surface area contributed by atoms with Gasteiger partial charge in [0, 0.05) is 18.4 Å². The zero-order valence-corrected chi connectivity index (χ0v) is 11.1. The third-order valence-electron chi connectivity index (χ3n) is 2.14. The van der Waals surface area contributed by atoms with Gasteiger partial charge in [-0.2, -0.15) is 0 Å². The van der Waals surface area contributed by atoms with E-state index in [4.69, 9.17) is 10.5 Å². The molecule has 0 amide bonds. The van der Waals surface area contributed by atoms with Crippen molar-refractivity contribution in [2.75, 3.05) is 13.7 Å². The van der Waals surface area contributed by atoms with Crippen molar-refractivity contribution >= 4 is 11.8 Å². The number of rotatable bonds is 6. The fourth-order valence-electron chi connectivity index (χ4n) is 1.49.